The normalized spacial score (nSPS) is 10.3. The summed E-state index contributed by atoms with van der Waals surface area (Å²) in [4.78, 5) is 98.8. The number of aryl methyl sites for hydroxylation is 5. The highest BCUT2D eigenvalue weighted by atomic mass is 127. The van der Waals surface area contributed by atoms with Crippen molar-refractivity contribution in [2.24, 2.45) is 4.99 Å². The highest BCUT2D eigenvalue weighted by Crippen LogP contribution is 2.35. The average Bonchev–Trinajstić information content (AvgIpc) is 0.816. The molecule has 0 aliphatic rings. The number of halogens is 6. The molecule has 0 aliphatic carbocycles. The number of amides is 5. The molecule has 0 heterocycles. The van der Waals surface area contributed by atoms with Crippen molar-refractivity contribution in [3.63, 3.8) is 0 Å². The molecule has 12 aromatic carbocycles. The van der Waals surface area contributed by atoms with Gasteiger partial charge in [-0.05, 0) is 245 Å². The molecule has 702 valence electrons. The third-order valence-corrected chi connectivity index (χ3v) is 29.4. The summed E-state index contributed by atoms with van der Waals surface area (Å²) >= 11 is 17.8. The largest absolute Gasteiger partial charge is 0.493 e. The van der Waals surface area contributed by atoms with Gasteiger partial charge in [0, 0.05) is 86.8 Å². The Bertz CT molecular complexity index is 5660. The number of carbonyl (C=O) groups excluding carboxylic acids is 7. The Kier molecular flexibility index (Phi) is 53.4. The minimum absolute atomic E-state index is 0.0965. The topological polar surface area (TPSA) is 309 Å². The number of nitrogens with two attached hydrogens (primary N) is 2. The molecule has 0 saturated heterocycles. The summed E-state index contributed by atoms with van der Waals surface area (Å²) < 4.78 is 24.8. The number of nitrogen functional groups attached to an aromatic ring is 2. The number of benzene rings is 12. The van der Waals surface area contributed by atoms with Gasteiger partial charge in [-0.25, -0.2) is 14.4 Å². The van der Waals surface area contributed by atoms with E-state index in [1.807, 2.05) is 197 Å². The van der Waals surface area contributed by atoms with Gasteiger partial charge in [0.25, 0.3) is 17.7 Å². The van der Waals surface area contributed by atoms with Crippen LogP contribution in [0.2, 0.25) is 0 Å². The lowest BCUT2D eigenvalue weighted by atomic mass is 10.0. The quantitative estimate of drug-likeness (QED) is 0.00532. The number of aldehydes is 2. The van der Waals surface area contributed by atoms with Gasteiger partial charge in [0.2, 0.25) is 6.08 Å². The Morgan fingerprint density at radius 3 is 1.18 bits per heavy atom. The second-order valence-corrected chi connectivity index (χ2v) is 47.1. The fourth-order valence-corrected chi connectivity index (χ4v) is 11.4. The number of isocyanates is 1. The van der Waals surface area contributed by atoms with Crippen molar-refractivity contribution < 1.29 is 62.4 Å². The molecule has 5 amide bonds. The molecular weight excluding hydrogens is 2390 g/mol. The van der Waals surface area contributed by atoms with E-state index >= 15 is 0 Å². The Balaban J connectivity index is 0.000000343. The number of methoxy groups -OCH3 is 4. The number of hydrogen-bond donors (Lipinski definition) is 7. The fourth-order valence-electron chi connectivity index (χ4n) is 10.6. The summed E-state index contributed by atoms with van der Waals surface area (Å²) in [6, 6.07) is 83.3. The maximum atomic E-state index is 13.5. The first-order chi connectivity index (χ1) is 63.1. The fraction of sp³-hybridized carbons (Fsp3) is 0.231. The molecule has 12 rings (SSSR count). The van der Waals surface area contributed by atoms with Gasteiger partial charge in [0.15, 0.2) is 23.0 Å². The van der Waals surface area contributed by atoms with E-state index in [0.717, 1.165) is 81.7 Å². The summed E-state index contributed by atoms with van der Waals surface area (Å²) in [5.74, 6) is 0.999. The first-order valence-electron chi connectivity index (χ1n) is 41.1. The number of carboxylic acids is 1. The summed E-state index contributed by atoms with van der Waals surface area (Å²) in [6.07, 6.45) is 8.68. The first kappa shape index (κ1) is 116. The van der Waals surface area contributed by atoms with E-state index in [1.165, 1.54) is 45.9 Å². The molecule has 0 unspecified atom stereocenters. The summed E-state index contributed by atoms with van der Waals surface area (Å²) in [7, 11) is 6.38. The zero-order chi connectivity index (χ0) is 98.8. The van der Waals surface area contributed by atoms with Gasteiger partial charge >= 0.3 is 12.0 Å². The molecule has 0 spiro atoms. The van der Waals surface area contributed by atoms with Crippen LogP contribution in [0.3, 0.4) is 0 Å². The smallest absolute Gasteiger partial charge is 0.335 e. The number of ether oxygens (including phenoxy) is 4. The Hall–Kier alpha value is -9.61. The lowest BCUT2D eigenvalue weighted by Gasteiger charge is -2.24. The molecule has 9 N–H and O–H groups in total. The maximum Gasteiger partial charge on any atom is 0.335 e. The van der Waals surface area contributed by atoms with Crippen LogP contribution in [0.1, 0.15) is 144 Å². The predicted molar refractivity (Wildman–Crippen MR) is 603 cm³/mol. The van der Waals surface area contributed by atoms with Gasteiger partial charge in [-0.3, -0.25) is 28.9 Å². The zero-order valence-corrected chi connectivity index (χ0v) is 91.7. The number of para-hydroxylation sites is 5. The van der Waals surface area contributed by atoms with Crippen LogP contribution in [0.5, 0.6) is 23.0 Å². The third-order valence-electron chi connectivity index (χ3n) is 18.1. The average molecular weight is 2510 g/mol. The number of nitrogens with zero attached hydrogens (tertiary/aromatic N) is 2. The number of anilines is 7. The van der Waals surface area contributed by atoms with E-state index in [4.69, 9.17) is 35.5 Å². The second kappa shape index (κ2) is 61.4. The van der Waals surface area contributed by atoms with Crippen LogP contribution in [0, 0.1) is 20.8 Å². The number of rotatable bonds is 25. The predicted octanol–water partition coefficient (Wildman–Crippen LogP) is 28.0. The molecule has 0 radical (unpaired) electrons. The molecule has 0 atom stereocenters. The van der Waals surface area contributed by atoms with E-state index < -0.39 is 5.97 Å². The van der Waals surface area contributed by atoms with E-state index in [-0.39, 0.29) is 35.9 Å². The molecule has 29 heteroatoms. The Morgan fingerprint density at radius 1 is 0.459 bits per heavy atom. The van der Waals surface area contributed by atoms with Crippen molar-refractivity contribution in [2.45, 2.75) is 111 Å². The third kappa shape index (κ3) is 45.5. The number of hydrogen-bond acceptors (Lipinski definition) is 17. The van der Waals surface area contributed by atoms with Gasteiger partial charge < -0.3 is 56.8 Å². The molecule has 0 aliphatic heterocycles. The van der Waals surface area contributed by atoms with Crippen molar-refractivity contribution in [3.8, 4) is 23.0 Å². The first-order valence-corrected chi connectivity index (χ1v) is 50.8. The van der Waals surface area contributed by atoms with Crippen LogP contribution < -0.4 is 56.6 Å². The summed E-state index contributed by atoms with van der Waals surface area (Å²) in [5, 5.41) is 20.1. The van der Waals surface area contributed by atoms with Gasteiger partial charge in [0.05, 0.1) is 59.5 Å². The zero-order valence-electron chi connectivity index (χ0n) is 77.1. The second-order valence-electron chi connectivity index (χ2n) is 30.8. The number of aliphatic imine (C=N–C) groups is 1. The van der Waals surface area contributed by atoms with Crippen molar-refractivity contribution >= 4 is 253 Å². The molecular formula is C104H114I6N8O13S2. The SMILES string of the molecule is CC(C)(C)I.CC(C)(I)C(I)I.CC(C)(I)CI.COc1ccc(CCc2ccc(C(=O)Nc3ccccc3C)cc2)cc1OC.COc1ccc(N(Cc2ccc(C(=O)Nc3ccccc3N)cc2)C(=O)Nc2ccc(SC)cc2)cc1OC.CSc1ccc(N=C=O)cc1.Cc1ccccc1N.Cc1ccccc1NC(=O)c1ccc(C=O)cc1.O=Cc1ccc(C(=O)O)cc1. The van der Waals surface area contributed by atoms with Crippen molar-refractivity contribution in [1.29, 1.82) is 0 Å². The van der Waals surface area contributed by atoms with Gasteiger partial charge in [-0.2, -0.15) is 4.99 Å². The van der Waals surface area contributed by atoms with Crippen molar-refractivity contribution in [3.05, 3.63) is 346 Å². The maximum absolute atomic E-state index is 13.5. The highest BCUT2D eigenvalue weighted by molar-refractivity contribution is 14.2. The number of carboxylic acid groups (broad SMARTS) is 1. The standard InChI is InChI=1S/C30H30N4O4S.C24H25NO3.C15H13NO2.C8H7NOS.C8H6O3.C7H9N.C4H7I3.C4H8I2.C4H9I/c1-37-27-17-14-23(18-28(27)38-2)34(30(36)32-22-12-15-24(39-3)16-13-22)19-20-8-10-21(11-9-20)29(35)33-26-7-5-4-6-25(26)31;1-17-6-4-5-7-21(17)25-24(26)20-13-10-18(11-14-20)8-9-19-12-15-22(27-2)23(16-19)28-3;1-11-4-2-3-5-14(11)16-15(18)13-8-6-12(10-17)7-9-13;1-11-8-4-2-7(3-5-8)9-6-10;9-5-6-1-3-7(4-2-6)8(10)11;1-6-4-2-3-5-7(6)8;1-4(2,7)3(5)6;1-4(2,6)3-5;1-4(2,3)5/h4-18H,19,31H2,1-3H3,(H,32,36)(H,33,35);4-7,10-16H,8-9H2,1-3H3,(H,25,26);2-10H,1H3,(H,16,18);2-5H,1H3;1-5H,(H,10,11);2-5H,8H2,1H3;3H,1-2H3;3H2,1-2H3;1-3H3. The minimum atomic E-state index is -0.984. The number of nitrogens with one attached hydrogen (secondary N) is 4. The monoisotopic (exact) mass is 2510 g/mol. The number of alkyl halides is 6. The van der Waals surface area contributed by atoms with E-state index in [9.17, 15) is 38.4 Å². The highest BCUT2D eigenvalue weighted by Gasteiger charge is 2.22. The number of thioether (sulfide) groups is 2. The van der Waals surface area contributed by atoms with E-state index in [2.05, 4.69) is 210 Å². The molecule has 133 heavy (non-hydrogen) atoms. The van der Waals surface area contributed by atoms with Crippen LogP contribution >= 0.6 is 159 Å². The summed E-state index contributed by atoms with van der Waals surface area (Å²) in [6.45, 7) is 21.6. The summed E-state index contributed by atoms with van der Waals surface area (Å²) in [5.41, 5.74) is 26.2. The Morgan fingerprint density at radius 2 is 0.812 bits per heavy atom. The number of carbonyl (C=O) groups is 7. The van der Waals surface area contributed by atoms with Gasteiger partial charge in [0.1, 0.15) is 12.6 Å². The lowest BCUT2D eigenvalue weighted by Crippen LogP contribution is -2.34. The molecule has 0 fully saturated rings. The molecule has 21 nitrogen and oxygen atoms in total. The van der Waals surface area contributed by atoms with Gasteiger partial charge in [-0.15, -0.1) is 23.5 Å². The molecule has 12 aromatic rings. The van der Waals surface area contributed by atoms with Gasteiger partial charge in [-0.1, -0.05) is 291 Å². The van der Waals surface area contributed by atoms with Crippen LogP contribution in [0.15, 0.2) is 294 Å². The van der Waals surface area contributed by atoms with Crippen LogP contribution in [-0.4, -0.2) is 111 Å². The van der Waals surface area contributed by atoms with Crippen LogP contribution in [0.25, 0.3) is 0 Å². The van der Waals surface area contributed by atoms with Crippen molar-refractivity contribution in [1.82, 2.24) is 0 Å². The Labute approximate surface area is 873 Å². The van der Waals surface area contributed by atoms with Crippen molar-refractivity contribution in [2.75, 3.05) is 83.0 Å². The van der Waals surface area contributed by atoms with Crippen LogP contribution in [0.4, 0.5) is 50.3 Å². The molecule has 0 bridgehead atoms. The molecule has 0 aromatic heterocycles. The van der Waals surface area contributed by atoms with E-state index in [0.29, 0.717) is 84.3 Å². The van der Waals surface area contributed by atoms with Crippen LogP contribution in [-0.2, 0) is 24.2 Å². The lowest BCUT2D eigenvalue weighted by molar-refractivity contribution is 0.0695. The van der Waals surface area contributed by atoms with E-state index in [1.54, 1.807) is 148 Å². The minimum Gasteiger partial charge on any atom is -0.493 e. The molecule has 0 saturated carbocycles. The number of aromatic carboxylic acids is 1. The number of urea groups is 1.